The third-order valence-electron chi connectivity index (χ3n) is 3.45. The van der Waals surface area contributed by atoms with Crippen LogP contribution in [-0.4, -0.2) is 29.3 Å². The molecule has 1 aliphatic rings. The summed E-state index contributed by atoms with van der Waals surface area (Å²) in [5.74, 6) is -0.719. The van der Waals surface area contributed by atoms with E-state index in [2.05, 4.69) is 5.32 Å². The molecule has 1 fully saturated rings. The number of hydrogen-bond acceptors (Lipinski definition) is 3. The molecule has 1 N–H and O–H groups in total. The van der Waals surface area contributed by atoms with Crippen LogP contribution in [0.1, 0.15) is 24.5 Å². The number of rotatable bonds is 3. The average molecular weight is 300 g/mol. The highest BCUT2D eigenvalue weighted by Gasteiger charge is 2.38. The van der Waals surface area contributed by atoms with Crippen molar-refractivity contribution in [2.24, 2.45) is 0 Å². The van der Waals surface area contributed by atoms with Crippen molar-refractivity contribution in [2.45, 2.75) is 32.5 Å². The maximum absolute atomic E-state index is 12.7. The van der Waals surface area contributed by atoms with Gasteiger partial charge >= 0.3 is 6.18 Å². The van der Waals surface area contributed by atoms with Crippen molar-refractivity contribution in [2.75, 3.05) is 11.9 Å². The van der Waals surface area contributed by atoms with E-state index < -0.39 is 23.7 Å². The van der Waals surface area contributed by atoms with Gasteiger partial charge in [0.2, 0.25) is 5.91 Å². The molecule has 114 valence electrons. The number of imide groups is 1. The van der Waals surface area contributed by atoms with Crippen LogP contribution in [0.4, 0.5) is 18.9 Å². The number of anilines is 1. The zero-order valence-electron chi connectivity index (χ0n) is 11.6. The number of carbonyl (C=O) groups excluding carboxylic acids is 2. The first kappa shape index (κ1) is 15.3. The first-order valence-corrected chi connectivity index (χ1v) is 6.52. The topological polar surface area (TPSA) is 49.4 Å². The molecule has 0 radical (unpaired) electrons. The number of alkyl halides is 3. The molecule has 1 unspecified atom stereocenters. The molecule has 1 atom stereocenters. The van der Waals surface area contributed by atoms with E-state index in [1.807, 2.05) is 0 Å². The summed E-state index contributed by atoms with van der Waals surface area (Å²) >= 11 is 0. The number of nitrogens with zero attached hydrogens (tertiary/aromatic N) is 1. The van der Waals surface area contributed by atoms with Crippen LogP contribution in [-0.2, 0) is 15.8 Å². The number of hydrogen-bond donors (Lipinski definition) is 1. The molecule has 21 heavy (non-hydrogen) atoms. The molecule has 1 aliphatic heterocycles. The van der Waals surface area contributed by atoms with Crippen molar-refractivity contribution in [3.05, 3.63) is 29.3 Å². The Morgan fingerprint density at radius 2 is 2.00 bits per heavy atom. The van der Waals surface area contributed by atoms with E-state index in [0.717, 1.165) is 17.0 Å². The normalized spacial score (nSPS) is 19.3. The maximum atomic E-state index is 12.7. The molecule has 0 saturated carbocycles. The fourth-order valence-corrected chi connectivity index (χ4v) is 2.27. The standard InChI is InChI=1S/C14H15F3N2O2/c1-3-19-12(20)7-11(13(19)21)18-10-6-9(14(15,16)17)5-4-8(10)2/h4-6,11,18H,3,7H2,1-2H3. The number of aryl methyl sites for hydroxylation is 1. The van der Waals surface area contributed by atoms with E-state index in [1.165, 1.54) is 6.07 Å². The minimum absolute atomic E-state index is 0.0393. The molecule has 4 nitrogen and oxygen atoms in total. The Morgan fingerprint density at radius 3 is 2.52 bits per heavy atom. The summed E-state index contributed by atoms with van der Waals surface area (Å²) in [4.78, 5) is 24.7. The molecule has 0 bridgehead atoms. The number of likely N-dealkylation sites (tertiary alicyclic amines) is 1. The molecular formula is C14H15F3N2O2. The summed E-state index contributed by atoms with van der Waals surface area (Å²) in [7, 11) is 0. The Hall–Kier alpha value is -2.05. The number of likely N-dealkylation sites (N-methyl/N-ethyl adjacent to an activating group) is 1. The molecule has 0 spiro atoms. The number of benzene rings is 1. The second-order valence-electron chi connectivity index (χ2n) is 4.90. The summed E-state index contributed by atoms with van der Waals surface area (Å²) in [6.07, 6.45) is -4.49. The third kappa shape index (κ3) is 3.01. The van der Waals surface area contributed by atoms with Gasteiger partial charge in [0.05, 0.1) is 12.0 Å². The third-order valence-corrected chi connectivity index (χ3v) is 3.45. The van der Waals surface area contributed by atoms with Gasteiger partial charge < -0.3 is 5.32 Å². The van der Waals surface area contributed by atoms with Crippen LogP contribution in [0.3, 0.4) is 0 Å². The molecule has 1 heterocycles. The minimum atomic E-state index is -4.45. The van der Waals surface area contributed by atoms with E-state index in [1.54, 1.807) is 13.8 Å². The molecule has 0 aliphatic carbocycles. The molecule has 1 aromatic rings. The molecule has 2 rings (SSSR count). The summed E-state index contributed by atoms with van der Waals surface area (Å²) in [6, 6.07) is 2.48. The lowest BCUT2D eigenvalue weighted by Gasteiger charge is -2.17. The van der Waals surface area contributed by atoms with Gasteiger partial charge in [0.25, 0.3) is 5.91 Å². The van der Waals surface area contributed by atoms with E-state index in [9.17, 15) is 22.8 Å². The lowest BCUT2D eigenvalue weighted by atomic mass is 10.1. The van der Waals surface area contributed by atoms with Gasteiger partial charge in [-0.25, -0.2) is 0 Å². The molecule has 1 aromatic carbocycles. The van der Waals surface area contributed by atoms with Crippen LogP contribution in [0, 0.1) is 6.92 Å². The van der Waals surface area contributed by atoms with Gasteiger partial charge in [0.15, 0.2) is 0 Å². The van der Waals surface area contributed by atoms with Gasteiger partial charge in [-0.15, -0.1) is 0 Å². The van der Waals surface area contributed by atoms with Gasteiger partial charge in [-0.3, -0.25) is 14.5 Å². The smallest absolute Gasteiger partial charge is 0.373 e. The Bertz CT molecular complexity index is 584. The fraction of sp³-hybridized carbons (Fsp3) is 0.429. The van der Waals surface area contributed by atoms with Crippen LogP contribution >= 0.6 is 0 Å². The van der Waals surface area contributed by atoms with Gasteiger partial charge in [-0.2, -0.15) is 13.2 Å². The van der Waals surface area contributed by atoms with Crippen molar-refractivity contribution >= 4 is 17.5 Å². The summed E-state index contributed by atoms with van der Waals surface area (Å²) < 4.78 is 38.1. The number of carbonyl (C=O) groups is 2. The van der Waals surface area contributed by atoms with E-state index >= 15 is 0 Å². The Morgan fingerprint density at radius 1 is 1.33 bits per heavy atom. The summed E-state index contributed by atoms with van der Waals surface area (Å²) in [5.41, 5.74) is 0.00634. The monoisotopic (exact) mass is 300 g/mol. The molecular weight excluding hydrogens is 285 g/mol. The second-order valence-corrected chi connectivity index (χ2v) is 4.90. The zero-order valence-corrected chi connectivity index (χ0v) is 11.6. The second kappa shape index (κ2) is 5.38. The predicted molar refractivity (Wildman–Crippen MR) is 70.6 cm³/mol. The van der Waals surface area contributed by atoms with Crippen molar-refractivity contribution in [1.29, 1.82) is 0 Å². The highest BCUT2D eigenvalue weighted by atomic mass is 19.4. The lowest BCUT2D eigenvalue weighted by Crippen LogP contribution is -2.34. The molecule has 0 aromatic heterocycles. The van der Waals surface area contributed by atoms with Crippen LogP contribution in [0.5, 0.6) is 0 Å². The van der Waals surface area contributed by atoms with Crippen molar-refractivity contribution in [3.8, 4) is 0 Å². The van der Waals surface area contributed by atoms with Gasteiger partial charge in [-0.1, -0.05) is 6.07 Å². The molecule has 7 heteroatoms. The quantitative estimate of drug-likeness (QED) is 0.873. The summed E-state index contributed by atoms with van der Waals surface area (Å²) in [6.45, 7) is 3.58. The summed E-state index contributed by atoms with van der Waals surface area (Å²) in [5, 5.41) is 2.75. The van der Waals surface area contributed by atoms with Crippen LogP contribution in [0.25, 0.3) is 0 Å². The SMILES string of the molecule is CCN1C(=O)CC(Nc2cc(C(F)(F)F)ccc2C)C1=O. The average Bonchev–Trinajstić information content (AvgIpc) is 2.65. The van der Waals surface area contributed by atoms with Gasteiger partial charge in [0, 0.05) is 12.2 Å². The predicted octanol–water partition coefficient (Wildman–Crippen LogP) is 2.57. The first-order valence-electron chi connectivity index (χ1n) is 6.52. The Labute approximate surface area is 119 Å². The number of nitrogens with one attached hydrogen (secondary N) is 1. The Kier molecular flexibility index (Phi) is 3.93. The van der Waals surface area contributed by atoms with E-state index in [0.29, 0.717) is 5.56 Å². The van der Waals surface area contributed by atoms with Crippen molar-refractivity contribution in [3.63, 3.8) is 0 Å². The number of halogens is 3. The fourth-order valence-electron chi connectivity index (χ4n) is 2.27. The molecule has 1 saturated heterocycles. The van der Waals surface area contributed by atoms with Crippen molar-refractivity contribution in [1.82, 2.24) is 4.90 Å². The van der Waals surface area contributed by atoms with Gasteiger partial charge in [-0.05, 0) is 31.5 Å². The van der Waals surface area contributed by atoms with E-state index in [-0.39, 0.29) is 24.6 Å². The molecule has 2 amide bonds. The maximum Gasteiger partial charge on any atom is 0.416 e. The van der Waals surface area contributed by atoms with E-state index in [4.69, 9.17) is 0 Å². The highest BCUT2D eigenvalue weighted by Crippen LogP contribution is 2.32. The Balaban J connectivity index is 2.24. The largest absolute Gasteiger partial charge is 0.416 e. The van der Waals surface area contributed by atoms with Crippen LogP contribution in [0.15, 0.2) is 18.2 Å². The highest BCUT2D eigenvalue weighted by molar-refractivity contribution is 6.06. The number of amides is 2. The first-order chi connectivity index (χ1) is 9.74. The van der Waals surface area contributed by atoms with Crippen molar-refractivity contribution < 1.29 is 22.8 Å². The van der Waals surface area contributed by atoms with Crippen LogP contribution < -0.4 is 5.32 Å². The van der Waals surface area contributed by atoms with Crippen LogP contribution in [0.2, 0.25) is 0 Å². The minimum Gasteiger partial charge on any atom is -0.373 e. The van der Waals surface area contributed by atoms with Gasteiger partial charge in [0.1, 0.15) is 6.04 Å². The lowest BCUT2D eigenvalue weighted by molar-refractivity contribution is -0.138. The zero-order chi connectivity index (χ0) is 15.8.